The maximum Gasteiger partial charge on any atom is 0.239 e. The molecule has 0 bridgehead atoms. The summed E-state index contributed by atoms with van der Waals surface area (Å²) in [6.07, 6.45) is 1.97. The van der Waals surface area contributed by atoms with Crippen molar-refractivity contribution >= 4 is 15.9 Å². The van der Waals surface area contributed by atoms with E-state index < -0.39 is 10.0 Å². The number of likely N-dealkylation sites (N-methyl/N-ethyl adjacent to an activating group) is 1. The molecule has 7 heteroatoms. The van der Waals surface area contributed by atoms with Gasteiger partial charge in [-0.15, -0.1) is 0 Å². The average Bonchev–Trinajstić information content (AvgIpc) is 2.44. The van der Waals surface area contributed by atoms with Crippen LogP contribution in [0.2, 0.25) is 0 Å². The van der Waals surface area contributed by atoms with Crippen LogP contribution in [0.25, 0.3) is 0 Å². The van der Waals surface area contributed by atoms with Crippen LogP contribution in [0.3, 0.4) is 0 Å². The molecule has 0 unspecified atom stereocenters. The van der Waals surface area contributed by atoms with Crippen molar-refractivity contribution in [3.05, 3.63) is 12.2 Å². The lowest BCUT2D eigenvalue weighted by atomic mass is 9.94. The van der Waals surface area contributed by atoms with Crippen molar-refractivity contribution in [3.8, 4) is 0 Å². The van der Waals surface area contributed by atoms with E-state index in [0.29, 0.717) is 26.2 Å². The molecule has 0 aromatic carbocycles. The highest BCUT2D eigenvalue weighted by Crippen LogP contribution is 2.19. The first kappa shape index (κ1) is 20.1. The van der Waals surface area contributed by atoms with Crippen molar-refractivity contribution in [3.63, 3.8) is 0 Å². The van der Waals surface area contributed by atoms with Gasteiger partial charge in [0.15, 0.2) is 0 Å². The van der Waals surface area contributed by atoms with Crippen molar-refractivity contribution in [2.45, 2.75) is 46.2 Å². The molecule has 1 N–H and O–H groups in total. The molecular weight excluding hydrogens is 314 g/mol. The van der Waals surface area contributed by atoms with E-state index >= 15 is 0 Å². The van der Waals surface area contributed by atoms with E-state index in [0.717, 1.165) is 12.0 Å². The fraction of sp³-hybridized carbons (Fsp3) is 0.812. The van der Waals surface area contributed by atoms with Crippen LogP contribution in [0.15, 0.2) is 12.2 Å². The van der Waals surface area contributed by atoms with E-state index in [4.69, 9.17) is 0 Å². The van der Waals surface area contributed by atoms with Crippen LogP contribution in [0.1, 0.15) is 34.1 Å². The Morgan fingerprint density at radius 3 is 2.52 bits per heavy atom. The number of nitrogens with one attached hydrogen (secondary N) is 1. The maximum atomic E-state index is 12.5. The zero-order valence-corrected chi connectivity index (χ0v) is 15.8. The zero-order valence-electron chi connectivity index (χ0n) is 15.0. The summed E-state index contributed by atoms with van der Waals surface area (Å²) in [5.41, 5.74) is 0.960. The van der Waals surface area contributed by atoms with Crippen molar-refractivity contribution in [2.24, 2.45) is 5.92 Å². The largest absolute Gasteiger partial charge is 0.338 e. The van der Waals surface area contributed by atoms with Gasteiger partial charge in [0.05, 0.1) is 12.3 Å². The molecule has 1 fully saturated rings. The fourth-order valence-corrected chi connectivity index (χ4v) is 3.94. The smallest absolute Gasteiger partial charge is 0.239 e. The third-order valence-corrected chi connectivity index (χ3v) is 5.60. The van der Waals surface area contributed by atoms with Gasteiger partial charge in [0.2, 0.25) is 15.9 Å². The van der Waals surface area contributed by atoms with Gasteiger partial charge in [-0.05, 0) is 33.1 Å². The highest BCUT2D eigenvalue weighted by atomic mass is 32.2. The first-order chi connectivity index (χ1) is 10.6. The van der Waals surface area contributed by atoms with Crippen LogP contribution in [-0.4, -0.2) is 68.0 Å². The molecule has 6 nitrogen and oxygen atoms in total. The number of piperidine rings is 1. The Bertz CT molecular complexity index is 533. The van der Waals surface area contributed by atoms with Gasteiger partial charge in [0.25, 0.3) is 0 Å². The molecule has 1 rings (SSSR count). The van der Waals surface area contributed by atoms with E-state index in [1.807, 2.05) is 27.7 Å². The van der Waals surface area contributed by atoms with Crippen molar-refractivity contribution in [1.29, 1.82) is 0 Å². The summed E-state index contributed by atoms with van der Waals surface area (Å²) < 4.78 is 24.8. The standard InChI is InChI=1S/C16H31N3O3S/c1-7-18(10-12(2)3)16(20)14(5)17-15-8-9-19(11-13(15)4)23(6,21)22/h13-15,17H,2,7-11H2,1,3-6H3/t13-,14-,15+/m0/s1. The Kier molecular flexibility index (Phi) is 7.23. The summed E-state index contributed by atoms with van der Waals surface area (Å²) in [6.45, 7) is 13.9. The van der Waals surface area contributed by atoms with Gasteiger partial charge in [-0.25, -0.2) is 12.7 Å². The number of rotatable bonds is 7. The Hall–Kier alpha value is -0.920. The van der Waals surface area contributed by atoms with Gasteiger partial charge in [0.1, 0.15) is 0 Å². The molecule has 1 amide bonds. The van der Waals surface area contributed by atoms with Crippen LogP contribution >= 0.6 is 0 Å². The topological polar surface area (TPSA) is 69.7 Å². The second-order valence-electron chi connectivity index (χ2n) is 6.69. The van der Waals surface area contributed by atoms with Crippen molar-refractivity contribution < 1.29 is 13.2 Å². The van der Waals surface area contributed by atoms with Gasteiger partial charge in [-0.3, -0.25) is 4.79 Å². The lowest BCUT2D eigenvalue weighted by Crippen LogP contribution is -2.55. The van der Waals surface area contributed by atoms with E-state index in [1.165, 1.54) is 10.6 Å². The van der Waals surface area contributed by atoms with Crippen LogP contribution in [0, 0.1) is 5.92 Å². The molecular formula is C16H31N3O3S. The van der Waals surface area contributed by atoms with Crippen molar-refractivity contribution in [1.82, 2.24) is 14.5 Å². The summed E-state index contributed by atoms with van der Waals surface area (Å²) in [7, 11) is -3.14. The Morgan fingerprint density at radius 1 is 1.48 bits per heavy atom. The highest BCUT2D eigenvalue weighted by molar-refractivity contribution is 7.88. The number of carbonyl (C=O) groups is 1. The van der Waals surface area contributed by atoms with Gasteiger partial charge < -0.3 is 10.2 Å². The van der Waals surface area contributed by atoms with E-state index in [1.54, 1.807) is 4.90 Å². The van der Waals surface area contributed by atoms with Gasteiger partial charge in [-0.2, -0.15) is 0 Å². The molecule has 0 radical (unpaired) electrons. The summed E-state index contributed by atoms with van der Waals surface area (Å²) >= 11 is 0. The summed E-state index contributed by atoms with van der Waals surface area (Å²) in [4.78, 5) is 14.3. The predicted octanol–water partition coefficient (Wildman–Crippen LogP) is 1.06. The van der Waals surface area contributed by atoms with Gasteiger partial charge >= 0.3 is 0 Å². The van der Waals surface area contributed by atoms with E-state index in [2.05, 4.69) is 11.9 Å². The Morgan fingerprint density at radius 2 is 2.09 bits per heavy atom. The zero-order chi connectivity index (χ0) is 17.8. The number of hydrogen-bond donors (Lipinski definition) is 1. The third-order valence-electron chi connectivity index (χ3n) is 4.33. The molecule has 134 valence electrons. The van der Waals surface area contributed by atoms with E-state index in [9.17, 15) is 13.2 Å². The van der Waals surface area contributed by atoms with Crippen LogP contribution in [0.5, 0.6) is 0 Å². The number of nitrogens with zero attached hydrogens (tertiary/aromatic N) is 2. The van der Waals surface area contributed by atoms with Crippen LogP contribution in [-0.2, 0) is 14.8 Å². The molecule has 0 aromatic heterocycles. The van der Waals surface area contributed by atoms with E-state index in [-0.39, 0.29) is 23.9 Å². The van der Waals surface area contributed by atoms with Gasteiger partial charge in [0, 0.05) is 32.2 Å². The summed E-state index contributed by atoms with van der Waals surface area (Å²) in [5.74, 6) is 0.234. The van der Waals surface area contributed by atoms with Crippen LogP contribution < -0.4 is 5.32 Å². The molecule has 1 heterocycles. The van der Waals surface area contributed by atoms with Crippen LogP contribution in [0.4, 0.5) is 0 Å². The number of carbonyl (C=O) groups excluding carboxylic acids is 1. The molecule has 3 atom stereocenters. The number of sulfonamides is 1. The molecule has 0 spiro atoms. The predicted molar refractivity (Wildman–Crippen MR) is 93.7 cm³/mol. The lowest BCUT2D eigenvalue weighted by Gasteiger charge is -2.37. The SMILES string of the molecule is C=C(C)CN(CC)C(=O)[C@H](C)N[C@@H]1CCN(S(C)(=O)=O)C[C@@H]1C. The molecule has 1 aliphatic rings. The normalized spacial score (nSPS) is 24.2. The van der Waals surface area contributed by atoms with Gasteiger partial charge in [-0.1, -0.05) is 19.1 Å². The lowest BCUT2D eigenvalue weighted by molar-refractivity contribution is -0.132. The fourth-order valence-electron chi connectivity index (χ4n) is 2.99. The minimum Gasteiger partial charge on any atom is -0.338 e. The average molecular weight is 346 g/mol. The Balaban J connectivity index is 2.62. The molecule has 0 saturated carbocycles. The third kappa shape index (κ3) is 5.90. The highest BCUT2D eigenvalue weighted by Gasteiger charge is 2.32. The quantitative estimate of drug-likeness (QED) is 0.701. The molecule has 0 aromatic rings. The minimum absolute atomic E-state index is 0.0632. The molecule has 0 aliphatic carbocycles. The first-order valence-electron chi connectivity index (χ1n) is 8.20. The molecule has 1 aliphatic heterocycles. The molecule has 1 saturated heterocycles. The van der Waals surface area contributed by atoms with Crippen molar-refractivity contribution in [2.75, 3.05) is 32.4 Å². The molecule has 23 heavy (non-hydrogen) atoms. The summed E-state index contributed by atoms with van der Waals surface area (Å²) in [6, 6.07) is -0.137. The number of hydrogen-bond acceptors (Lipinski definition) is 4. The maximum absolute atomic E-state index is 12.5. The minimum atomic E-state index is -3.14. The monoisotopic (exact) mass is 345 g/mol. The first-order valence-corrected chi connectivity index (χ1v) is 10.0. The second-order valence-corrected chi connectivity index (χ2v) is 8.67. The second kappa shape index (κ2) is 8.26. The Labute approximate surface area is 141 Å². The summed E-state index contributed by atoms with van der Waals surface area (Å²) in [5, 5.41) is 3.39. The number of amides is 1.